The second kappa shape index (κ2) is 19.4. The van der Waals surface area contributed by atoms with E-state index in [4.69, 9.17) is 39.9 Å². The molecule has 0 fully saturated rings. The largest absolute Gasteiger partial charge is 1.00 e. The Morgan fingerprint density at radius 2 is 1.27 bits per heavy atom. The van der Waals surface area contributed by atoms with E-state index in [2.05, 4.69) is 27.3 Å². The van der Waals surface area contributed by atoms with E-state index in [1.807, 2.05) is 44.2 Å². The number of aromatic carboxylic acids is 1. The maximum absolute atomic E-state index is 11.3. The molecule has 0 saturated heterocycles. The standard InChI is InChI=1S/C14H12ClNO2S.C13H9Cl2NO2.C2H6S.Na/c1-2-19-12-7-10(8-16-13(12)14(17)18)9-3-5-11(15)6-4-9;1-18-13(17)12-11(15)6-9(7-16-12)8-2-4-10(14)5-3-8;1-2-3;/h3-8H,2H2,1H3,(H,17,18);2-7H,1H3;3H,2H2,1H3;/q;;;+1/p-1. The molecular weight excluding hydrogens is 634 g/mol. The molecule has 1 N–H and O–H groups in total. The van der Waals surface area contributed by atoms with Crippen molar-refractivity contribution in [2.24, 2.45) is 0 Å². The van der Waals surface area contributed by atoms with E-state index >= 15 is 0 Å². The number of carboxylic acid groups (broad SMARTS) is 1. The van der Waals surface area contributed by atoms with Crippen LogP contribution >= 0.6 is 46.6 Å². The molecular formula is C29H26Cl3N2NaO4S2. The SMILES string of the molecule is CCSc1cc(-c2ccc(Cl)cc2)cnc1C(=O)O.CC[S-].COC(=O)c1ncc(-c2ccc(Cl)cc2)cc1Cl.[Na+]. The van der Waals surface area contributed by atoms with Crippen LogP contribution in [0.3, 0.4) is 0 Å². The molecule has 41 heavy (non-hydrogen) atoms. The van der Waals surface area contributed by atoms with Gasteiger partial charge in [-0.15, -0.1) is 11.8 Å². The minimum Gasteiger partial charge on any atom is -0.793 e. The number of benzene rings is 2. The summed E-state index contributed by atoms with van der Waals surface area (Å²) in [4.78, 5) is 31.2. The van der Waals surface area contributed by atoms with E-state index in [0.29, 0.717) is 14.9 Å². The Kier molecular flexibility index (Phi) is 17.7. The topological polar surface area (TPSA) is 89.4 Å². The average Bonchev–Trinajstić information content (AvgIpc) is 2.94. The van der Waals surface area contributed by atoms with Crippen LogP contribution in [0.25, 0.3) is 22.3 Å². The molecule has 0 atom stereocenters. The molecule has 2 aromatic carbocycles. The van der Waals surface area contributed by atoms with Crippen molar-refractivity contribution < 1.29 is 49.0 Å². The molecule has 2 aromatic heterocycles. The quantitative estimate of drug-likeness (QED) is 0.124. The molecule has 0 aliphatic carbocycles. The van der Waals surface area contributed by atoms with Crippen LogP contribution in [0, 0.1) is 0 Å². The number of esters is 1. The molecule has 6 nitrogen and oxygen atoms in total. The van der Waals surface area contributed by atoms with Gasteiger partial charge in [0.1, 0.15) is 0 Å². The molecule has 210 valence electrons. The predicted molar refractivity (Wildman–Crippen MR) is 167 cm³/mol. The summed E-state index contributed by atoms with van der Waals surface area (Å²) in [7, 11) is 1.29. The van der Waals surface area contributed by atoms with E-state index in [1.165, 1.54) is 18.9 Å². The molecule has 2 heterocycles. The van der Waals surface area contributed by atoms with Crippen LogP contribution in [0.5, 0.6) is 0 Å². The summed E-state index contributed by atoms with van der Waals surface area (Å²) in [6.07, 6.45) is 3.15. The Labute approximate surface area is 286 Å². The van der Waals surface area contributed by atoms with E-state index in [-0.39, 0.29) is 46.0 Å². The van der Waals surface area contributed by atoms with Crippen LogP contribution in [-0.2, 0) is 17.4 Å². The molecule has 0 aliphatic heterocycles. The molecule has 4 rings (SSSR count). The van der Waals surface area contributed by atoms with Crippen LogP contribution in [0.2, 0.25) is 15.1 Å². The van der Waals surface area contributed by atoms with Gasteiger partial charge in [-0.25, -0.2) is 19.6 Å². The summed E-state index contributed by atoms with van der Waals surface area (Å²) in [6, 6.07) is 18.2. The first-order valence-corrected chi connectivity index (χ1v) is 14.5. The number of ether oxygens (including phenoxy) is 1. The van der Waals surface area contributed by atoms with Crippen molar-refractivity contribution in [2.75, 3.05) is 18.6 Å². The number of pyridine rings is 2. The van der Waals surface area contributed by atoms with Gasteiger partial charge in [-0.2, -0.15) is 5.75 Å². The maximum atomic E-state index is 11.3. The van der Waals surface area contributed by atoms with E-state index < -0.39 is 11.9 Å². The number of hydrogen-bond donors (Lipinski definition) is 1. The number of carbonyl (C=O) groups excluding carboxylic acids is 1. The van der Waals surface area contributed by atoms with E-state index in [9.17, 15) is 9.59 Å². The molecule has 0 radical (unpaired) electrons. The smallest absolute Gasteiger partial charge is 0.793 e. The molecule has 0 amide bonds. The van der Waals surface area contributed by atoms with Crippen molar-refractivity contribution in [1.29, 1.82) is 0 Å². The van der Waals surface area contributed by atoms with Crippen LogP contribution in [0.1, 0.15) is 34.8 Å². The van der Waals surface area contributed by atoms with Gasteiger partial charge in [0.15, 0.2) is 11.4 Å². The molecule has 0 aliphatic rings. The number of carboxylic acids is 1. The van der Waals surface area contributed by atoms with Gasteiger partial charge in [0.25, 0.3) is 0 Å². The number of halogens is 3. The van der Waals surface area contributed by atoms with Gasteiger partial charge in [0.05, 0.1) is 12.1 Å². The number of nitrogens with zero attached hydrogens (tertiary/aromatic N) is 2. The van der Waals surface area contributed by atoms with Crippen LogP contribution in [0.4, 0.5) is 0 Å². The number of carbonyl (C=O) groups is 2. The zero-order valence-electron chi connectivity index (χ0n) is 22.9. The van der Waals surface area contributed by atoms with Gasteiger partial charge in [-0.1, -0.05) is 72.9 Å². The van der Waals surface area contributed by atoms with E-state index in [0.717, 1.165) is 33.8 Å². The van der Waals surface area contributed by atoms with E-state index in [1.54, 1.807) is 42.7 Å². The van der Waals surface area contributed by atoms with Crippen molar-refractivity contribution in [1.82, 2.24) is 9.97 Å². The Morgan fingerprint density at radius 1 is 0.829 bits per heavy atom. The van der Waals surface area contributed by atoms with Gasteiger partial charge in [-0.05, 0) is 53.3 Å². The van der Waals surface area contributed by atoms with Gasteiger partial charge < -0.3 is 22.5 Å². The fraction of sp³-hybridized carbons (Fsp3) is 0.172. The van der Waals surface area contributed by atoms with Crippen LogP contribution < -0.4 is 29.6 Å². The zero-order valence-corrected chi connectivity index (χ0v) is 28.8. The summed E-state index contributed by atoms with van der Waals surface area (Å²) >= 11 is 23.5. The van der Waals surface area contributed by atoms with Crippen LogP contribution in [-0.4, -0.2) is 45.6 Å². The maximum Gasteiger partial charge on any atom is 1.00 e. The summed E-state index contributed by atoms with van der Waals surface area (Å²) < 4.78 is 4.58. The van der Waals surface area contributed by atoms with Crippen molar-refractivity contribution >= 4 is 71.1 Å². The minimum atomic E-state index is -1.00. The molecule has 0 bridgehead atoms. The Hall–Kier alpha value is -1.75. The summed E-state index contributed by atoms with van der Waals surface area (Å²) in [6.45, 7) is 3.92. The third-order valence-electron chi connectivity index (χ3n) is 4.93. The van der Waals surface area contributed by atoms with Crippen LogP contribution in [0.15, 0.2) is 78.0 Å². The third-order valence-corrected chi connectivity index (χ3v) is 6.63. The van der Waals surface area contributed by atoms with Gasteiger partial charge >= 0.3 is 41.5 Å². The molecule has 0 saturated carbocycles. The monoisotopic (exact) mass is 658 g/mol. The minimum absolute atomic E-state index is 0. The summed E-state index contributed by atoms with van der Waals surface area (Å²) in [5.41, 5.74) is 3.79. The first kappa shape index (κ1) is 37.3. The average molecular weight is 660 g/mol. The van der Waals surface area contributed by atoms with Gasteiger partial charge in [-0.3, -0.25) is 0 Å². The van der Waals surface area contributed by atoms with Gasteiger partial charge in [0, 0.05) is 38.5 Å². The van der Waals surface area contributed by atoms with Crippen molar-refractivity contribution in [3.63, 3.8) is 0 Å². The zero-order chi connectivity index (χ0) is 29.7. The molecule has 4 aromatic rings. The Morgan fingerprint density at radius 3 is 1.66 bits per heavy atom. The Balaban J connectivity index is 0.000000367. The fourth-order valence-corrected chi connectivity index (χ4v) is 4.45. The second-order valence-electron chi connectivity index (χ2n) is 7.66. The van der Waals surface area contributed by atoms with Crippen molar-refractivity contribution in [3.05, 3.63) is 99.5 Å². The third kappa shape index (κ3) is 11.8. The predicted octanol–water partition coefficient (Wildman–Crippen LogP) is 5.61. The van der Waals surface area contributed by atoms with Crippen molar-refractivity contribution in [2.45, 2.75) is 18.7 Å². The first-order valence-electron chi connectivity index (χ1n) is 11.8. The fourth-order valence-electron chi connectivity index (χ4n) is 3.16. The molecule has 0 spiro atoms. The number of rotatable bonds is 6. The number of methoxy groups -OCH3 is 1. The number of aromatic nitrogens is 2. The normalized spacial score (nSPS) is 9.73. The second-order valence-corrected chi connectivity index (χ2v) is 10.8. The number of hydrogen-bond acceptors (Lipinski definition) is 7. The van der Waals surface area contributed by atoms with Gasteiger partial charge in [0.2, 0.25) is 0 Å². The molecule has 12 heteroatoms. The summed E-state index contributed by atoms with van der Waals surface area (Å²) in [5, 5.41) is 10.7. The Bertz CT molecular complexity index is 1430. The first-order chi connectivity index (χ1) is 19.1. The number of thioether (sulfide) groups is 1. The molecule has 0 unspecified atom stereocenters. The summed E-state index contributed by atoms with van der Waals surface area (Å²) in [5.74, 6) is 0.0766. The van der Waals surface area contributed by atoms with Crippen molar-refractivity contribution in [3.8, 4) is 22.3 Å².